The van der Waals surface area contributed by atoms with Crippen LogP contribution < -0.4 is 0 Å². The lowest BCUT2D eigenvalue weighted by Gasteiger charge is -2.25. The topological polar surface area (TPSA) is 26.3 Å². The summed E-state index contributed by atoms with van der Waals surface area (Å²) in [4.78, 5) is 9.19. The number of ether oxygens (including phenoxy) is 1. The van der Waals surface area contributed by atoms with E-state index in [-0.39, 0.29) is 0 Å². The van der Waals surface area contributed by atoms with Gasteiger partial charge in [-0.2, -0.15) is 30.7 Å². The van der Waals surface area contributed by atoms with Crippen molar-refractivity contribution < 1.29 is 40.3 Å². The van der Waals surface area contributed by atoms with Gasteiger partial charge in [-0.3, -0.25) is 4.79 Å². The Labute approximate surface area is 66.3 Å². The number of alkyl halides is 7. The molecule has 0 aromatic rings. The Balaban J connectivity index is 4.91. The number of hydrogen-bond acceptors (Lipinski definition) is 2. The minimum Gasteiger partial charge on any atom is -0.398 e. The Morgan fingerprint density at radius 1 is 0.923 bits per heavy atom. The maximum atomic E-state index is 11.8. The molecule has 13 heavy (non-hydrogen) atoms. The summed E-state index contributed by atoms with van der Waals surface area (Å²) in [5, 5.41) is 0. The van der Waals surface area contributed by atoms with Crippen LogP contribution in [0.4, 0.5) is 30.7 Å². The second-order valence-corrected chi connectivity index (χ2v) is 1.80. The first-order chi connectivity index (χ1) is 5.56. The number of hydrogen-bond donors (Lipinski definition) is 0. The molecule has 0 bridgehead atoms. The van der Waals surface area contributed by atoms with E-state index in [9.17, 15) is 35.5 Å². The fraction of sp³-hybridized carbons (Fsp3) is 0.750. The highest BCUT2D eigenvalue weighted by atomic mass is 19.4. The van der Waals surface area contributed by atoms with Gasteiger partial charge in [-0.25, -0.2) is 0 Å². The van der Waals surface area contributed by atoms with Gasteiger partial charge in [0.2, 0.25) is 0 Å². The molecule has 0 unspecified atom stereocenters. The van der Waals surface area contributed by atoms with Crippen molar-refractivity contribution in [2.75, 3.05) is 0 Å². The van der Waals surface area contributed by atoms with Crippen molar-refractivity contribution in [2.45, 2.75) is 18.2 Å². The molecule has 0 saturated carbocycles. The van der Waals surface area contributed by atoms with E-state index in [0.29, 0.717) is 0 Å². The normalized spacial score (nSPS) is 14.1. The van der Waals surface area contributed by atoms with Crippen molar-refractivity contribution in [3.05, 3.63) is 0 Å². The highest BCUT2D eigenvalue weighted by Crippen LogP contribution is 2.46. The third kappa shape index (κ3) is 2.01. The summed E-state index contributed by atoms with van der Waals surface area (Å²) >= 11 is 0. The zero-order valence-corrected chi connectivity index (χ0v) is 5.54. The molecule has 0 aromatic heterocycles. The highest BCUT2D eigenvalue weighted by molar-refractivity contribution is 5.38. The third-order valence-electron chi connectivity index (χ3n) is 0.918. The molecule has 0 aliphatic rings. The minimum atomic E-state index is -6.49. The van der Waals surface area contributed by atoms with Crippen LogP contribution >= 0.6 is 0 Å². The number of rotatable bonds is 3. The second kappa shape index (κ2) is 3.04. The van der Waals surface area contributed by atoms with E-state index in [2.05, 4.69) is 4.74 Å². The van der Waals surface area contributed by atoms with E-state index in [0.717, 1.165) is 0 Å². The van der Waals surface area contributed by atoms with Crippen LogP contribution in [0.2, 0.25) is 0 Å². The van der Waals surface area contributed by atoms with E-state index in [1.807, 2.05) is 0 Å². The molecule has 0 saturated heterocycles. The molecular weight excluding hydrogens is 213 g/mol. The van der Waals surface area contributed by atoms with Gasteiger partial charge in [0.1, 0.15) is 0 Å². The van der Waals surface area contributed by atoms with Crippen LogP contribution in [0.1, 0.15) is 0 Å². The van der Waals surface area contributed by atoms with Crippen molar-refractivity contribution in [1.29, 1.82) is 0 Å². The van der Waals surface area contributed by atoms with Crippen LogP contribution in [0.3, 0.4) is 0 Å². The first kappa shape index (κ1) is 12.0. The zero-order valence-electron chi connectivity index (χ0n) is 5.54. The van der Waals surface area contributed by atoms with E-state index >= 15 is 0 Å². The van der Waals surface area contributed by atoms with Gasteiger partial charge < -0.3 is 4.74 Å². The van der Waals surface area contributed by atoms with Crippen LogP contribution in [0.5, 0.6) is 0 Å². The van der Waals surface area contributed by atoms with Gasteiger partial charge in [0.05, 0.1) is 0 Å². The van der Waals surface area contributed by atoms with Gasteiger partial charge in [0.25, 0.3) is 6.47 Å². The van der Waals surface area contributed by atoms with Crippen LogP contribution in [-0.4, -0.2) is 24.7 Å². The SMILES string of the molecule is O=COC(F)(F)C(F)(F)C(F)(F)F. The molecule has 2 nitrogen and oxygen atoms in total. The maximum Gasteiger partial charge on any atom is 0.476 e. The molecule has 0 amide bonds. The van der Waals surface area contributed by atoms with Gasteiger partial charge in [-0.1, -0.05) is 0 Å². The Morgan fingerprint density at radius 3 is 1.54 bits per heavy atom. The zero-order chi connectivity index (χ0) is 10.9. The Kier molecular flexibility index (Phi) is 2.80. The molecule has 0 heterocycles. The number of carbonyl (C=O) groups excluding carboxylic acids is 1. The molecule has 0 atom stereocenters. The Morgan fingerprint density at radius 2 is 1.31 bits per heavy atom. The maximum absolute atomic E-state index is 11.8. The molecule has 0 N–H and O–H groups in total. The molecule has 0 radical (unpaired) electrons. The summed E-state index contributed by atoms with van der Waals surface area (Å²) in [6.07, 6.45) is -12.4. The van der Waals surface area contributed by atoms with Crippen molar-refractivity contribution in [2.24, 2.45) is 0 Å². The molecule has 0 fully saturated rings. The summed E-state index contributed by atoms with van der Waals surface area (Å²) in [6.45, 7) is -1.19. The molecule has 0 aliphatic carbocycles. The van der Waals surface area contributed by atoms with Crippen LogP contribution in [0, 0.1) is 0 Å². The fourth-order valence-corrected chi connectivity index (χ4v) is 0.299. The van der Waals surface area contributed by atoms with E-state index in [1.54, 1.807) is 0 Å². The monoisotopic (exact) mass is 214 g/mol. The molecule has 0 spiro atoms. The lowest BCUT2D eigenvalue weighted by Crippen LogP contribution is -2.53. The van der Waals surface area contributed by atoms with Crippen LogP contribution in [0.15, 0.2) is 0 Å². The summed E-state index contributed by atoms with van der Waals surface area (Å²) in [6, 6.07) is 0. The first-order valence-electron chi connectivity index (χ1n) is 2.50. The highest BCUT2D eigenvalue weighted by Gasteiger charge is 2.75. The lowest BCUT2D eigenvalue weighted by atomic mass is 10.3. The van der Waals surface area contributed by atoms with E-state index in [1.165, 1.54) is 0 Å². The Hall–Kier alpha value is -1.02. The lowest BCUT2D eigenvalue weighted by molar-refractivity contribution is -0.410. The van der Waals surface area contributed by atoms with Crippen molar-refractivity contribution in [1.82, 2.24) is 0 Å². The molecule has 0 aromatic carbocycles. The Bertz CT molecular complexity index is 195. The second-order valence-electron chi connectivity index (χ2n) is 1.80. The summed E-state index contributed by atoms with van der Waals surface area (Å²) in [5.74, 6) is -6.40. The number of carbonyl (C=O) groups is 1. The molecule has 9 heteroatoms. The van der Waals surface area contributed by atoms with Crippen molar-refractivity contribution in [3.8, 4) is 0 Å². The van der Waals surface area contributed by atoms with Crippen LogP contribution in [0.25, 0.3) is 0 Å². The quantitative estimate of drug-likeness (QED) is 0.530. The summed E-state index contributed by atoms with van der Waals surface area (Å²) < 4.78 is 83.0. The van der Waals surface area contributed by atoms with E-state index in [4.69, 9.17) is 0 Å². The minimum absolute atomic E-state index is 1.19. The predicted octanol–water partition coefficient (Wildman–Crippen LogP) is 1.95. The average Bonchev–Trinajstić information content (AvgIpc) is 1.84. The smallest absolute Gasteiger partial charge is 0.398 e. The average molecular weight is 214 g/mol. The molecule has 0 rings (SSSR count). The van der Waals surface area contributed by atoms with Gasteiger partial charge in [0.15, 0.2) is 0 Å². The number of halogens is 7. The van der Waals surface area contributed by atoms with Gasteiger partial charge in [-0.15, -0.1) is 0 Å². The largest absolute Gasteiger partial charge is 0.476 e. The van der Waals surface area contributed by atoms with Crippen LogP contribution in [-0.2, 0) is 9.53 Å². The third-order valence-corrected chi connectivity index (χ3v) is 0.918. The summed E-state index contributed by atoms with van der Waals surface area (Å²) in [5.41, 5.74) is 0. The van der Waals surface area contributed by atoms with Gasteiger partial charge >= 0.3 is 18.2 Å². The summed E-state index contributed by atoms with van der Waals surface area (Å²) in [7, 11) is 0. The fourth-order valence-electron chi connectivity index (χ4n) is 0.299. The molecule has 0 aliphatic heterocycles. The van der Waals surface area contributed by atoms with Gasteiger partial charge in [-0.05, 0) is 0 Å². The first-order valence-corrected chi connectivity index (χ1v) is 2.50. The molecular formula is C4HF7O2. The van der Waals surface area contributed by atoms with Crippen molar-refractivity contribution in [3.63, 3.8) is 0 Å². The van der Waals surface area contributed by atoms with Gasteiger partial charge in [0, 0.05) is 0 Å². The van der Waals surface area contributed by atoms with Crippen molar-refractivity contribution >= 4 is 6.47 Å². The standard InChI is InChI=1S/C4HF7O2/c5-2(6,3(7,8)9)4(10,11)13-1-12/h1H. The predicted molar refractivity (Wildman–Crippen MR) is 23.1 cm³/mol. The molecule has 78 valence electrons. The van der Waals surface area contributed by atoms with E-state index < -0.39 is 24.7 Å².